The van der Waals surface area contributed by atoms with E-state index in [4.69, 9.17) is 9.94 Å². The summed E-state index contributed by atoms with van der Waals surface area (Å²) in [4.78, 5) is 13.0. The first kappa shape index (κ1) is 14.2. The van der Waals surface area contributed by atoms with Crippen LogP contribution in [0.15, 0.2) is 29.4 Å². The van der Waals surface area contributed by atoms with Gasteiger partial charge in [-0.05, 0) is 36.2 Å². The second-order valence-corrected chi connectivity index (χ2v) is 4.49. The van der Waals surface area contributed by atoms with Crippen LogP contribution in [-0.2, 0) is 0 Å². The molecule has 2 N–H and O–H groups in total. The third-order valence-corrected chi connectivity index (χ3v) is 3.22. The van der Waals surface area contributed by atoms with Gasteiger partial charge >= 0.3 is 6.03 Å². The Morgan fingerprint density at radius 3 is 2.75 bits per heavy atom. The molecule has 1 aromatic rings. The van der Waals surface area contributed by atoms with Gasteiger partial charge in [0.2, 0.25) is 0 Å². The van der Waals surface area contributed by atoms with Gasteiger partial charge in [0, 0.05) is 13.1 Å². The van der Waals surface area contributed by atoms with E-state index in [1.54, 1.807) is 4.90 Å². The van der Waals surface area contributed by atoms with Crippen LogP contribution in [0.4, 0.5) is 4.79 Å². The summed E-state index contributed by atoms with van der Waals surface area (Å²) in [5.74, 6) is 0.738. The van der Waals surface area contributed by atoms with E-state index in [0.717, 1.165) is 17.9 Å². The normalized spacial score (nSPS) is 15.3. The fourth-order valence-electron chi connectivity index (χ4n) is 2.07. The second-order valence-electron chi connectivity index (χ2n) is 4.49. The second kappa shape index (κ2) is 6.79. The molecule has 2 rings (SSSR count). The minimum Gasteiger partial charge on any atom is -0.492 e. The Labute approximate surface area is 118 Å². The molecular formula is C14H19N3O3. The summed E-state index contributed by atoms with van der Waals surface area (Å²) in [7, 11) is 0. The van der Waals surface area contributed by atoms with Crippen LogP contribution in [-0.4, -0.2) is 48.1 Å². The van der Waals surface area contributed by atoms with E-state index in [9.17, 15) is 4.79 Å². The van der Waals surface area contributed by atoms with E-state index < -0.39 is 0 Å². The fourth-order valence-corrected chi connectivity index (χ4v) is 2.07. The average molecular weight is 277 g/mol. The number of hydrogen-bond acceptors (Lipinski definition) is 4. The molecule has 6 heteroatoms. The van der Waals surface area contributed by atoms with Crippen LogP contribution < -0.4 is 10.1 Å². The van der Waals surface area contributed by atoms with Gasteiger partial charge in [-0.2, -0.15) is 0 Å². The molecule has 1 fully saturated rings. The van der Waals surface area contributed by atoms with Gasteiger partial charge in [-0.3, -0.25) is 0 Å². The smallest absolute Gasteiger partial charge is 0.317 e. The van der Waals surface area contributed by atoms with Crippen LogP contribution in [0, 0.1) is 0 Å². The Balaban J connectivity index is 1.83. The Morgan fingerprint density at radius 1 is 1.45 bits per heavy atom. The van der Waals surface area contributed by atoms with Crippen molar-refractivity contribution in [1.82, 2.24) is 10.2 Å². The Bertz CT molecular complexity index is 485. The van der Waals surface area contributed by atoms with Crippen molar-refractivity contribution in [2.75, 3.05) is 26.2 Å². The Morgan fingerprint density at radius 2 is 2.20 bits per heavy atom. The largest absolute Gasteiger partial charge is 0.492 e. The molecule has 1 aliphatic heterocycles. The maximum absolute atomic E-state index is 11.3. The number of amides is 2. The van der Waals surface area contributed by atoms with Crippen molar-refractivity contribution in [3.05, 3.63) is 29.8 Å². The zero-order chi connectivity index (χ0) is 14.4. The van der Waals surface area contributed by atoms with Gasteiger partial charge in [-0.1, -0.05) is 12.1 Å². The number of hydrogen-bond donors (Lipinski definition) is 2. The molecule has 1 aromatic carbocycles. The number of carbonyl (C=O) groups excluding carboxylic acids is 1. The van der Waals surface area contributed by atoms with Gasteiger partial charge in [-0.15, -0.1) is 0 Å². The molecule has 0 radical (unpaired) electrons. The van der Waals surface area contributed by atoms with E-state index in [-0.39, 0.29) is 6.03 Å². The van der Waals surface area contributed by atoms with Gasteiger partial charge in [-0.25, -0.2) is 4.79 Å². The van der Waals surface area contributed by atoms with Crippen LogP contribution in [0.25, 0.3) is 0 Å². The Kier molecular flexibility index (Phi) is 4.81. The fraction of sp³-hybridized carbons (Fsp3) is 0.429. The minimum atomic E-state index is -0.0318. The number of urea groups is 1. The molecule has 1 aliphatic rings. The topological polar surface area (TPSA) is 74.2 Å². The van der Waals surface area contributed by atoms with Gasteiger partial charge in [0.1, 0.15) is 12.4 Å². The van der Waals surface area contributed by atoms with Crippen molar-refractivity contribution in [2.24, 2.45) is 5.16 Å². The van der Waals surface area contributed by atoms with Crippen molar-refractivity contribution in [3.63, 3.8) is 0 Å². The van der Waals surface area contributed by atoms with Crippen molar-refractivity contribution < 1.29 is 14.7 Å². The lowest BCUT2D eigenvalue weighted by Gasteiger charge is -2.14. The minimum absolute atomic E-state index is 0.0318. The van der Waals surface area contributed by atoms with Crippen molar-refractivity contribution in [2.45, 2.75) is 13.3 Å². The summed E-state index contributed by atoms with van der Waals surface area (Å²) in [6, 6.07) is 7.35. The monoisotopic (exact) mass is 277 g/mol. The summed E-state index contributed by atoms with van der Waals surface area (Å²) in [5.41, 5.74) is 1.52. The number of oxime groups is 1. The molecule has 1 heterocycles. The van der Waals surface area contributed by atoms with E-state index in [0.29, 0.717) is 31.8 Å². The van der Waals surface area contributed by atoms with Crippen molar-refractivity contribution >= 4 is 11.7 Å². The van der Waals surface area contributed by atoms with E-state index in [2.05, 4.69) is 10.5 Å². The van der Waals surface area contributed by atoms with Gasteiger partial charge in [0.25, 0.3) is 0 Å². The molecule has 0 aromatic heterocycles. The highest BCUT2D eigenvalue weighted by Crippen LogP contribution is 2.14. The molecule has 0 spiro atoms. The lowest BCUT2D eigenvalue weighted by atomic mass is 10.1. The van der Waals surface area contributed by atoms with Gasteiger partial charge < -0.3 is 20.2 Å². The summed E-state index contributed by atoms with van der Waals surface area (Å²) in [6.45, 7) is 4.40. The summed E-state index contributed by atoms with van der Waals surface area (Å²) in [6.07, 6.45) is 0.667. The first-order chi connectivity index (χ1) is 9.74. The highest BCUT2D eigenvalue weighted by Gasteiger charge is 2.18. The maximum Gasteiger partial charge on any atom is 0.317 e. The Hall–Kier alpha value is -2.24. The highest BCUT2D eigenvalue weighted by molar-refractivity contribution is 6.00. The van der Waals surface area contributed by atoms with Crippen molar-refractivity contribution in [3.8, 4) is 5.75 Å². The molecule has 2 amide bonds. The first-order valence-corrected chi connectivity index (χ1v) is 6.71. The van der Waals surface area contributed by atoms with E-state index in [1.807, 2.05) is 31.2 Å². The molecule has 6 nitrogen and oxygen atoms in total. The summed E-state index contributed by atoms with van der Waals surface area (Å²) >= 11 is 0. The summed E-state index contributed by atoms with van der Waals surface area (Å²) in [5, 5.41) is 14.8. The molecule has 1 saturated heterocycles. The van der Waals surface area contributed by atoms with Crippen LogP contribution in [0.1, 0.15) is 18.9 Å². The van der Waals surface area contributed by atoms with Crippen molar-refractivity contribution in [1.29, 1.82) is 0 Å². The van der Waals surface area contributed by atoms with Crippen LogP contribution in [0.3, 0.4) is 0 Å². The van der Waals surface area contributed by atoms with Crippen LogP contribution >= 0.6 is 0 Å². The number of benzene rings is 1. The predicted molar refractivity (Wildman–Crippen MR) is 75.5 cm³/mol. The van der Waals surface area contributed by atoms with Gasteiger partial charge in [0.15, 0.2) is 0 Å². The lowest BCUT2D eigenvalue weighted by Crippen LogP contribution is -2.31. The molecule has 0 aliphatic carbocycles. The molecule has 0 bridgehead atoms. The third kappa shape index (κ3) is 3.40. The zero-order valence-corrected chi connectivity index (χ0v) is 11.5. The molecule has 108 valence electrons. The quantitative estimate of drug-likeness (QED) is 0.472. The summed E-state index contributed by atoms with van der Waals surface area (Å²) < 4.78 is 5.59. The van der Waals surface area contributed by atoms with E-state index in [1.165, 1.54) is 0 Å². The van der Waals surface area contributed by atoms with Crippen LogP contribution in [0.2, 0.25) is 0 Å². The predicted octanol–water partition coefficient (Wildman–Crippen LogP) is 1.68. The van der Waals surface area contributed by atoms with E-state index >= 15 is 0 Å². The molecular weight excluding hydrogens is 258 g/mol. The molecule has 0 unspecified atom stereocenters. The number of ether oxygens (including phenoxy) is 1. The number of rotatable bonds is 6. The zero-order valence-electron chi connectivity index (χ0n) is 11.5. The first-order valence-electron chi connectivity index (χ1n) is 6.71. The standard InChI is InChI=1S/C14H19N3O3/c1-2-13(16-19)11-3-5-12(6-4-11)20-10-9-17-8-7-15-14(17)18/h3-6,19H,2,7-10H2,1H3,(H,15,18)/b16-13+. The third-order valence-electron chi connectivity index (χ3n) is 3.22. The lowest BCUT2D eigenvalue weighted by molar-refractivity contribution is 0.202. The van der Waals surface area contributed by atoms with Crippen LogP contribution in [0.5, 0.6) is 5.75 Å². The molecule has 0 saturated carbocycles. The number of nitrogens with one attached hydrogen (secondary N) is 1. The number of carbonyl (C=O) groups is 1. The number of nitrogens with zero attached hydrogens (tertiary/aromatic N) is 2. The average Bonchev–Trinajstić information content (AvgIpc) is 2.87. The SMILES string of the molecule is CC/C(=N\O)c1ccc(OCCN2CCNC2=O)cc1. The highest BCUT2D eigenvalue weighted by atomic mass is 16.5. The maximum atomic E-state index is 11.3. The molecule has 0 atom stereocenters. The molecule has 20 heavy (non-hydrogen) atoms. The van der Waals surface area contributed by atoms with Gasteiger partial charge in [0.05, 0.1) is 12.3 Å².